The molecule has 28 heavy (non-hydrogen) atoms. The molecular formula is C21H20ClN3O2S. The van der Waals surface area contributed by atoms with E-state index in [1.165, 1.54) is 10.3 Å². The monoisotopic (exact) mass is 413 g/mol. The summed E-state index contributed by atoms with van der Waals surface area (Å²) >= 11 is 7.81. The molecule has 3 heterocycles. The number of nitrogens with zero attached hydrogens (tertiary/aromatic N) is 2. The van der Waals surface area contributed by atoms with E-state index in [-0.39, 0.29) is 6.10 Å². The molecule has 3 aromatic rings. The number of thiazole rings is 1. The van der Waals surface area contributed by atoms with Crippen LogP contribution in [0, 0.1) is 0 Å². The van der Waals surface area contributed by atoms with Crippen molar-refractivity contribution in [2.75, 3.05) is 18.5 Å². The second kappa shape index (κ2) is 7.70. The Labute approximate surface area is 172 Å². The first-order valence-corrected chi connectivity index (χ1v) is 10.7. The van der Waals surface area contributed by atoms with Gasteiger partial charge in [-0.25, -0.2) is 9.97 Å². The van der Waals surface area contributed by atoms with E-state index in [1.807, 2.05) is 30.3 Å². The molecule has 1 fully saturated rings. The molecule has 1 aromatic carbocycles. The Hall–Kier alpha value is -2.15. The Kier molecular flexibility index (Phi) is 4.93. The van der Waals surface area contributed by atoms with Gasteiger partial charge in [-0.3, -0.25) is 0 Å². The molecule has 0 atom stereocenters. The topological polar surface area (TPSA) is 56.3 Å². The van der Waals surface area contributed by atoms with Crippen LogP contribution >= 0.6 is 22.9 Å². The molecule has 0 saturated heterocycles. The molecule has 0 spiro atoms. The summed E-state index contributed by atoms with van der Waals surface area (Å²) in [6.45, 7) is 1.36. The molecule has 5 nitrogen and oxygen atoms in total. The Morgan fingerprint density at radius 1 is 1.14 bits per heavy atom. The van der Waals surface area contributed by atoms with Gasteiger partial charge in [-0.1, -0.05) is 41.1 Å². The summed E-state index contributed by atoms with van der Waals surface area (Å²) in [5, 5.41) is 4.95. The molecular weight excluding hydrogens is 394 g/mol. The smallest absolute Gasteiger partial charge is 0.222 e. The fraction of sp³-hybridized carbons (Fsp3) is 0.333. The van der Waals surface area contributed by atoms with Crippen molar-refractivity contribution in [1.82, 2.24) is 9.97 Å². The van der Waals surface area contributed by atoms with Crippen molar-refractivity contribution in [2.45, 2.75) is 31.4 Å². The van der Waals surface area contributed by atoms with Crippen molar-refractivity contribution in [1.29, 1.82) is 0 Å². The zero-order valence-electron chi connectivity index (χ0n) is 15.2. The largest absolute Gasteiger partial charge is 0.474 e. The molecule has 0 radical (unpaired) electrons. The van der Waals surface area contributed by atoms with Gasteiger partial charge in [-0.05, 0) is 36.3 Å². The van der Waals surface area contributed by atoms with Crippen LogP contribution in [0.25, 0.3) is 15.8 Å². The normalized spacial score (nSPS) is 21.8. The number of fused-ring (bicyclic) bond motifs is 1. The summed E-state index contributed by atoms with van der Waals surface area (Å²) in [6, 6.07) is 12.4. The summed E-state index contributed by atoms with van der Waals surface area (Å²) in [7, 11) is 0. The van der Waals surface area contributed by atoms with Gasteiger partial charge in [0, 0.05) is 24.4 Å². The molecule has 0 amide bonds. The molecule has 5 rings (SSSR count). The summed E-state index contributed by atoms with van der Waals surface area (Å²) in [5.41, 5.74) is 3.28. The molecule has 144 valence electrons. The first kappa shape index (κ1) is 17.9. The van der Waals surface area contributed by atoms with Crippen molar-refractivity contribution in [3.05, 3.63) is 53.2 Å². The van der Waals surface area contributed by atoms with Crippen LogP contribution < -0.4 is 10.1 Å². The van der Waals surface area contributed by atoms with Gasteiger partial charge in [-0.15, -0.1) is 0 Å². The zero-order valence-corrected chi connectivity index (χ0v) is 16.8. The van der Waals surface area contributed by atoms with E-state index < -0.39 is 0 Å². The third kappa shape index (κ3) is 3.72. The average Bonchev–Trinajstić information content (AvgIpc) is 3.10. The van der Waals surface area contributed by atoms with Gasteiger partial charge in [0.1, 0.15) is 11.3 Å². The first-order valence-electron chi connectivity index (χ1n) is 9.47. The number of pyridine rings is 1. The zero-order chi connectivity index (χ0) is 18.9. The third-order valence-electron chi connectivity index (χ3n) is 5.13. The van der Waals surface area contributed by atoms with E-state index in [9.17, 15) is 0 Å². The van der Waals surface area contributed by atoms with Crippen LogP contribution in [0.2, 0.25) is 5.15 Å². The lowest BCUT2D eigenvalue weighted by Gasteiger charge is -2.35. The molecule has 0 unspecified atom stereocenters. The van der Waals surface area contributed by atoms with Crippen LogP contribution in [0.4, 0.5) is 5.13 Å². The molecule has 1 aliphatic carbocycles. The summed E-state index contributed by atoms with van der Waals surface area (Å²) < 4.78 is 12.8. The van der Waals surface area contributed by atoms with Gasteiger partial charge in [-0.2, -0.15) is 0 Å². The van der Waals surface area contributed by atoms with Gasteiger partial charge in [0.15, 0.2) is 5.13 Å². The lowest BCUT2D eigenvalue weighted by Crippen LogP contribution is -2.42. The number of ether oxygens (including phenoxy) is 2. The highest BCUT2D eigenvalue weighted by molar-refractivity contribution is 7.22. The number of benzene rings is 1. The van der Waals surface area contributed by atoms with Crippen LogP contribution in [0.3, 0.4) is 0 Å². The predicted octanol–water partition coefficient (Wildman–Crippen LogP) is 5.17. The van der Waals surface area contributed by atoms with Gasteiger partial charge in [0.25, 0.3) is 0 Å². The van der Waals surface area contributed by atoms with Gasteiger partial charge < -0.3 is 14.8 Å². The fourth-order valence-electron chi connectivity index (χ4n) is 3.57. The number of anilines is 1. The number of aromatic nitrogens is 2. The summed E-state index contributed by atoms with van der Waals surface area (Å²) in [5.74, 6) is 0.629. The van der Waals surface area contributed by atoms with Gasteiger partial charge in [0.05, 0.1) is 23.4 Å². The van der Waals surface area contributed by atoms with E-state index in [2.05, 4.69) is 27.4 Å². The molecule has 2 aromatic heterocycles. The Morgan fingerprint density at radius 3 is 2.86 bits per heavy atom. The fourth-order valence-corrected chi connectivity index (χ4v) is 4.65. The van der Waals surface area contributed by atoms with E-state index >= 15 is 0 Å². The van der Waals surface area contributed by atoms with Gasteiger partial charge in [0.2, 0.25) is 5.88 Å². The van der Waals surface area contributed by atoms with Crippen LogP contribution in [0.1, 0.15) is 24.8 Å². The lowest BCUT2D eigenvalue weighted by molar-refractivity contribution is 0.102. The second-order valence-corrected chi connectivity index (χ2v) is 8.50. The minimum atomic E-state index is 0.136. The van der Waals surface area contributed by atoms with E-state index in [4.69, 9.17) is 21.1 Å². The van der Waals surface area contributed by atoms with Crippen LogP contribution in [-0.2, 0) is 4.74 Å². The lowest BCUT2D eigenvalue weighted by atomic mass is 9.89. The van der Waals surface area contributed by atoms with Crippen molar-refractivity contribution in [2.24, 2.45) is 0 Å². The van der Waals surface area contributed by atoms with Crippen molar-refractivity contribution >= 4 is 43.9 Å². The maximum absolute atomic E-state index is 6.21. The molecule has 2 aliphatic rings. The average molecular weight is 414 g/mol. The highest BCUT2D eigenvalue weighted by atomic mass is 35.5. The van der Waals surface area contributed by atoms with E-state index in [0.29, 0.717) is 23.7 Å². The second-order valence-electron chi connectivity index (χ2n) is 7.08. The van der Waals surface area contributed by atoms with Crippen molar-refractivity contribution in [3.63, 3.8) is 0 Å². The quantitative estimate of drug-likeness (QED) is 0.585. The minimum Gasteiger partial charge on any atom is -0.474 e. The Morgan fingerprint density at radius 2 is 2.04 bits per heavy atom. The number of rotatable bonds is 5. The summed E-state index contributed by atoms with van der Waals surface area (Å²) in [4.78, 5) is 9.09. The Balaban J connectivity index is 1.24. The predicted molar refractivity (Wildman–Crippen MR) is 113 cm³/mol. The first-order chi connectivity index (χ1) is 13.7. The summed E-state index contributed by atoms with van der Waals surface area (Å²) in [6.07, 6.45) is 4.94. The van der Waals surface area contributed by atoms with E-state index in [1.54, 1.807) is 11.3 Å². The molecule has 1 aliphatic heterocycles. The van der Waals surface area contributed by atoms with Crippen molar-refractivity contribution < 1.29 is 9.47 Å². The molecule has 1 N–H and O–H groups in total. The van der Waals surface area contributed by atoms with Crippen LogP contribution in [0.15, 0.2) is 42.5 Å². The standard InChI is InChI=1S/C21H20ClN3O2S/c22-19-6-5-16(13-7-9-26-10-8-13)20(25-19)27-15-11-14(12-15)23-21-24-17-3-1-2-4-18(17)28-21/h1-7,14-15H,8-12H2,(H,23,24)/t14-,15+. The van der Waals surface area contributed by atoms with Gasteiger partial charge >= 0.3 is 0 Å². The third-order valence-corrected chi connectivity index (χ3v) is 6.31. The van der Waals surface area contributed by atoms with Crippen molar-refractivity contribution in [3.8, 4) is 5.88 Å². The van der Waals surface area contributed by atoms with Crippen LogP contribution in [0.5, 0.6) is 5.88 Å². The SMILES string of the molecule is Clc1ccc(C2=CCOCC2)c(O[C@H]2C[C@@H](Nc3nc4ccccc4s3)C2)n1. The van der Waals surface area contributed by atoms with E-state index in [0.717, 1.165) is 42.1 Å². The number of hydrogen-bond donors (Lipinski definition) is 1. The number of halogens is 1. The molecule has 7 heteroatoms. The molecule has 1 saturated carbocycles. The van der Waals surface area contributed by atoms with Crippen LogP contribution in [-0.4, -0.2) is 35.3 Å². The highest BCUT2D eigenvalue weighted by Crippen LogP contribution is 2.35. The Bertz CT molecular complexity index is 996. The highest BCUT2D eigenvalue weighted by Gasteiger charge is 2.32. The number of hydrogen-bond acceptors (Lipinski definition) is 6. The number of nitrogens with one attached hydrogen (secondary N) is 1. The number of para-hydroxylation sites is 1. The molecule has 0 bridgehead atoms. The maximum Gasteiger partial charge on any atom is 0.222 e. The maximum atomic E-state index is 6.21. The minimum absolute atomic E-state index is 0.136.